The lowest BCUT2D eigenvalue weighted by atomic mass is 10.1. The number of carbonyl (C=O) groups excluding carboxylic acids is 1. The van der Waals surface area contributed by atoms with Gasteiger partial charge in [-0.15, -0.1) is 11.3 Å². The maximum atomic E-state index is 12.4. The molecule has 5 heteroatoms. The van der Waals surface area contributed by atoms with Gasteiger partial charge in [-0.1, -0.05) is 31.2 Å². The lowest BCUT2D eigenvalue weighted by Crippen LogP contribution is -2.47. The minimum absolute atomic E-state index is 0.101. The number of aryl methyl sites for hydroxylation is 2. The maximum absolute atomic E-state index is 12.4. The highest BCUT2D eigenvalue weighted by molar-refractivity contribution is 7.09. The second-order valence-corrected chi connectivity index (χ2v) is 7.45. The van der Waals surface area contributed by atoms with E-state index in [-0.39, 0.29) is 5.91 Å². The van der Waals surface area contributed by atoms with Crippen LogP contribution < -0.4 is 0 Å². The molecule has 3 rings (SSSR count). The molecular formula is C20H25N3OS. The van der Waals surface area contributed by atoms with Crippen LogP contribution in [0.25, 0.3) is 6.08 Å². The fourth-order valence-electron chi connectivity index (χ4n) is 2.97. The van der Waals surface area contributed by atoms with E-state index in [4.69, 9.17) is 0 Å². The van der Waals surface area contributed by atoms with Crippen molar-refractivity contribution in [1.82, 2.24) is 14.8 Å². The zero-order chi connectivity index (χ0) is 17.6. The Bertz CT molecular complexity index is 728. The number of aromatic nitrogens is 1. The van der Waals surface area contributed by atoms with Crippen molar-refractivity contribution in [3.05, 3.63) is 57.6 Å². The summed E-state index contributed by atoms with van der Waals surface area (Å²) in [6, 6.07) is 8.36. The van der Waals surface area contributed by atoms with Crippen molar-refractivity contribution in [1.29, 1.82) is 0 Å². The zero-order valence-electron chi connectivity index (χ0n) is 14.9. The number of carbonyl (C=O) groups is 1. The average molecular weight is 356 g/mol. The normalized spacial score (nSPS) is 15.8. The summed E-state index contributed by atoms with van der Waals surface area (Å²) in [5, 5.41) is 3.24. The molecule has 0 unspecified atom stereocenters. The Morgan fingerprint density at radius 2 is 1.92 bits per heavy atom. The average Bonchev–Trinajstić information content (AvgIpc) is 3.05. The van der Waals surface area contributed by atoms with E-state index in [2.05, 4.69) is 46.5 Å². The molecule has 1 aromatic carbocycles. The van der Waals surface area contributed by atoms with Crippen LogP contribution in [0, 0.1) is 6.92 Å². The molecule has 1 aromatic heterocycles. The Balaban J connectivity index is 1.48. The highest BCUT2D eigenvalue weighted by atomic mass is 32.1. The number of hydrogen-bond donors (Lipinski definition) is 0. The van der Waals surface area contributed by atoms with E-state index in [1.165, 1.54) is 5.56 Å². The van der Waals surface area contributed by atoms with Gasteiger partial charge < -0.3 is 4.90 Å². The molecule has 0 radical (unpaired) electrons. The highest BCUT2D eigenvalue weighted by Crippen LogP contribution is 2.13. The Kier molecular flexibility index (Phi) is 6.00. The van der Waals surface area contributed by atoms with Gasteiger partial charge in [-0.2, -0.15) is 0 Å². The van der Waals surface area contributed by atoms with E-state index in [1.54, 1.807) is 17.4 Å². The van der Waals surface area contributed by atoms with Gasteiger partial charge in [0, 0.05) is 44.2 Å². The molecule has 1 aliphatic heterocycles. The number of hydrogen-bond acceptors (Lipinski definition) is 4. The first-order valence-corrected chi connectivity index (χ1v) is 9.71. The molecule has 0 atom stereocenters. The molecule has 132 valence electrons. The van der Waals surface area contributed by atoms with Gasteiger partial charge >= 0.3 is 0 Å². The lowest BCUT2D eigenvalue weighted by Gasteiger charge is -2.33. The molecule has 0 aliphatic carbocycles. The molecule has 0 saturated carbocycles. The van der Waals surface area contributed by atoms with Crippen LogP contribution in [-0.2, 0) is 17.8 Å². The molecule has 2 heterocycles. The third-order valence-electron chi connectivity index (χ3n) is 4.54. The van der Waals surface area contributed by atoms with Crippen LogP contribution in [0.5, 0.6) is 0 Å². The third-order valence-corrected chi connectivity index (χ3v) is 5.36. The van der Waals surface area contributed by atoms with Crippen LogP contribution in [0.4, 0.5) is 0 Å². The molecule has 0 spiro atoms. The van der Waals surface area contributed by atoms with E-state index in [0.717, 1.165) is 55.4 Å². The van der Waals surface area contributed by atoms with E-state index >= 15 is 0 Å². The molecule has 1 saturated heterocycles. The topological polar surface area (TPSA) is 36.4 Å². The van der Waals surface area contributed by atoms with Gasteiger partial charge in [0.2, 0.25) is 5.91 Å². The number of piperazine rings is 1. The fourth-order valence-corrected chi connectivity index (χ4v) is 3.58. The quantitative estimate of drug-likeness (QED) is 0.772. The van der Waals surface area contributed by atoms with E-state index in [0.29, 0.717) is 0 Å². The van der Waals surface area contributed by atoms with Crippen molar-refractivity contribution >= 4 is 23.3 Å². The maximum Gasteiger partial charge on any atom is 0.246 e. The molecule has 1 aliphatic rings. The largest absolute Gasteiger partial charge is 0.337 e. The fraction of sp³-hybridized carbons (Fsp3) is 0.400. The molecule has 0 bridgehead atoms. The van der Waals surface area contributed by atoms with Gasteiger partial charge in [-0.05, 0) is 30.5 Å². The number of benzene rings is 1. The molecule has 0 N–H and O–H groups in total. The first-order chi connectivity index (χ1) is 12.1. The SMILES string of the molecule is CCc1ccc(C=CC(=O)N2CCN(Cc3csc(C)n3)CC2)cc1. The Morgan fingerprint density at radius 3 is 2.52 bits per heavy atom. The molecule has 1 fully saturated rings. The van der Waals surface area contributed by atoms with E-state index in [1.807, 2.05) is 17.9 Å². The van der Waals surface area contributed by atoms with Crippen molar-refractivity contribution in [2.45, 2.75) is 26.8 Å². The Hall–Kier alpha value is -1.98. The van der Waals surface area contributed by atoms with Crippen LogP contribution >= 0.6 is 11.3 Å². The van der Waals surface area contributed by atoms with Crippen LogP contribution in [0.3, 0.4) is 0 Å². The van der Waals surface area contributed by atoms with Crippen LogP contribution in [0.1, 0.15) is 28.8 Å². The van der Waals surface area contributed by atoms with Gasteiger partial charge in [0.25, 0.3) is 0 Å². The first-order valence-electron chi connectivity index (χ1n) is 8.83. The van der Waals surface area contributed by atoms with Crippen LogP contribution in [-0.4, -0.2) is 46.9 Å². The third kappa shape index (κ3) is 5.00. The Morgan fingerprint density at radius 1 is 1.20 bits per heavy atom. The van der Waals surface area contributed by atoms with Crippen molar-refractivity contribution in [3.63, 3.8) is 0 Å². The summed E-state index contributed by atoms with van der Waals surface area (Å²) in [6.45, 7) is 8.42. The summed E-state index contributed by atoms with van der Waals surface area (Å²) in [7, 11) is 0. The Labute approximate surface area is 153 Å². The van der Waals surface area contributed by atoms with Crippen LogP contribution in [0.2, 0.25) is 0 Å². The second kappa shape index (κ2) is 8.41. The van der Waals surface area contributed by atoms with Gasteiger partial charge in [0.15, 0.2) is 0 Å². The second-order valence-electron chi connectivity index (χ2n) is 6.39. The van der Waals surface area contributed by atoms with Gasteiger partial charge in [-0.25, -0.2) is 4.98 Å². The molecule has 25 heavy (non-hydrogen) atoms. The minimum Gasteiger partial charge on any atom is -0.337 e. The number of amides is 1. The van der Waals surface area contributed by atoms with Crippen molar-refractivity contribution < 1.29 is 4.79 Å². The highest BCUT2D eigenvalue weighted by Gasteiger charge is 2.20. The van der Waals surface area contributed by atoms with Crippen LogP contribution in [0.15, 0.2) is 35.7 Å². The first kappa shape index (κ1) is 17.8. The summed E-state index contributed by atoms with van der Waals surface area (Å²) in [4.78, 5) is 21.2. The molecule has 1 amide bonds. The van der Waals surface area contributed by atoms with Gasteiger partial charge in [0.05, 0.1) is 10.7 Å². The summed E-state index contributed by atoms with van der Waals surface area (Å²) >= 11 is 1.69. The molecule has 2 aromatic rings. The van der Waals surface area contributed by atoms with Crippen molar-refractivity contribution in [3.8, 4) is 0 Å². The molecular weight excluding hydrogens is 330 g/mol. The summed E-state index contributed by atoms with van der Waals surface area (Å²) < 4.78 is 0. The van der Waals surface area contributed by atoms with Gasteiger partial charge in [0.1, 0.15) is 0 Å². The zero-order valence-corrected chi connectivity index (χ0v) is 15.8. The lowest BCUT2D eigenvalue weighted by molar-refractivity contribution is -0.127. The standard InChI is InChI=1S/C20H25N3OS/c1-3-17-4-6-18(7-5-17)8-9-20(24)23-12-10-22(11-13-23)14-19-15-25-16(2)21-19/h4-9,15H,3,10-14H2,1-2H3. The van der Waals surface area contributed by atoms with E-state index in [9.17, 15) is 4.79 Å². The number of rotatable bonds is 5. The van der Waals surface area contributed by atoms with Crippen molar-refractivity contribution in [2.24, 2.45) is 0 Å². The monoisotopic (exact) mass is 355 g/mol. The molecule has 4 nitrogen and oxygen atoms in total. The summed E-state index contributed by atoms with van der Waals surface area (Å²) in [6.07, 6.45) is 4.64. The predicted octanol–water partition coefficient (Wildman–Crippen LogP) is 3.37. The minimum atomic E-state index is 0.101. The van der Waals surface area contributed by atoms with E-state index < -0.39 is 0 Å². The predicted molar refractivity (Wildman–Crippen MR) is 104 cm³/mol. The summed E-state index contributed by atoms with van der Waals surface area (Å²) in [5.74, 6) is 0.101. The van der Waals surface area contributed by atoms with Gasteiger partial charge in [-0.3, -0.25) is 9.69 Å². The summed E-state index contributed by atoms with van der Waals surface area (Å²) in [5.41, 5.74) is 3.52. The number of nitrogens with zero attached hydrogens (tertiary/aromatic N) is 3. The number of thiazole rings is 1. The smallest absolute Gasteiger partial charge is 0.246 e. The van der Waals surface area contributed by atoms with Crippen molar-refractivity contribution in [2.75, 3.05) is 26.2 Å².